The molecule has 32 heavy (non-hydrogen) atoms. The summed E-state index contributed by atoms with van der Waals surface area (Å²) < 4.78 is 0. The first-order valence-electron chi connectivity index (χ1n) is 11.1. The van der Waals surface area contributed by atoms with Crippen molar-refractivity contribution in [2.45, 2.75) is 13.8 Å². The van der Waals surface area contributed by atoms with Gasteiger partial charge in [-0.15, -0.1) is 0 Å². The molecule has 0 bridgehead atoms. The molecular weight excluding hydrogens is 388 g/mol. The predicted molar refractivity (Wildman–Crippen MR) is 138 cm³/mol. The summed E-state index contributed by atoms with van der Waals surface area (Å²) in [6.07, 6.45) is 0. The zero-order valence-electron chi connectivity index (χ0n) is 18.1. The first-order valence-corrected chi connectivity index (χ1v) is 11.1. The van der Waals surface area contributed by atoms with Crippen LogP contribution in [0.2, 0.25) is 0 Å². The number of aromatic amines is 2. The van der Waals surface area contributed by atoms with Crippen LogP contribution in [0.3, 0.4) is 0 Å². The first kappa shape index (κ1) is 17.6. The van der Waals surface area contributed by atoms with Crippen molar-refractivity contribution in [1.82, 2.24) is 9.97 Å². The molecule has 0 aliphatic heterocycles. The van der Waals surface area contributed by atoms with Gasteiger partial charge in [-0.05, 0) is 71.1 Å². The van der Waals surface area contributed by atoms with E-state index < -0.39 is 0 Å². The lowest BCUT2D eigenvalue weighted by Gasteiger charge is -2.09. The standard InChI is InChI=1S/C30H22N2/c1-17-6-5-8-24-25-13-12-22(18(2)30(25)32-29(17)24)20-11-10-19-15-26-23-7-3-4-9-27(23)31-28(26)16-21(19)14-20/h3-16,31-32H,1-2H3. The van der Waals surface area contributed by atoms with Gasteiger partial charge in [-0.1, -0.05) is 60.7 Å². The van der Waals surface area contributed by atoms with Crippen LogP contribution in [0.15, 0.2) is 84.9 Å². The predicted octanol–water partition coefficient (Wildman–Crippen LogP) is 8.39. The molecule has 0 aliphatic carbocycles. The van der Waals surface area contributed by atoms with Crippen molar-refractivity contribution in [2.75, 3.05) is 0 Å². The Balaban J connectivity index is 1.45. The third-order valence-corrected chi connectivity index (χ3v) is 7.05. The number of rotatable bonds is 1. The second kappa shape index (κ2) is 6.24. The molecule has 152 valence electrons. The molecule has 0 amide bonds. The van der Waals surface area contributed by atoms with Crippen LogP contribution in [0.1, 0.15) is 11.1 Å². The van der Waals surface area contributed by atoms with Gasteiger partial charge in [0.2, 0.25) is 0 Å². The smallest absolute Gasteiger partial charge is 0.0500 e. The molecule has 7 rings (SSSR count). The Hall–Kier alpha value is -4.04. The highest BCUT2D eigenvalue weighted by molar-refractivity contribution is 6.13. The number of hydrogen-bond donors (Lipinski definition) is 2. The largest absolute Gasteiger partial charge is 0.354 e. The molecule has 7 aromatic rings. The zero-order valence-corrected chi connectivity index (χ0v) is 18.1. The summed E-state index contributed by atoms with van der Waals surface area (Å²) in [6, 6.07) is 31.0. The van der Waals surface area contributed by atoms with E-state index in [0.29, 0.717) is 0 Å². The molecule has 0 radical (unpaired) electrons. The summed E-state index contributed by atoms with van der Waals surface area (Å²) >= 11 is 0. The van der Waals surface area contributed by atoms with Gasteiger partial charge in [-0.2, -0.15) is 0 Å². The molecule has 0 fully saturated rings. The minimum atomic E-state index is 1.19. The van der Waals surface area contributed by atoms with E-state index in [2.05, 4.69) is 109 Å². The molecule has 0 saturated heterocycles. The summed E-state index contributed by atoms with van der Waals surface area (Å²) in [5.41, 5.74) is 9.96. The van der Waals surface area contributed by atoms with E-state index in [4.69, 9.17) is 0 Å². The van der Waals surface area contributed by atoms with Crippen molar-refractivity contribution < 1.29 is 0 Å². The topological polar surface area (TPSA) is 31.6 Å². The fourth-order valence-electron chi connectivity index (χ4n) is 5.36. The molecule has 0 atom stereocenters. The minimum absolute atomic E-state index is 1.19. The molecular formula is C30H22N2. The number of fused-ring (bicyclic) bond motifs is 7. The van der Waals surface area contributed by atoms with E-state index >= 15 is 0 Å². The Morgan fingerprint density at radius 3 is 2.31 bits per heavy atom. The van der Waals surface area contributed by atoms with Crippen LogP contribution in [0.5, 0.6) is 0 Å². The van der Waals surface area contributed by atoms with Gasteiger partial charge in [0.1, 0.15) is 0 Å². The van der Waals surface area contributed by atoms with Gasteiger partial charge in [-0.25, -0.2) is 0 Å². The van der Waals surface area contributed by atoms with E-state index in [9.17, 15) is 0 Å². The Bertz CT molecular complexity index is 1850. The monoisotopic (exact) mass is 410 g/mol. The van der Waals surface area contributed by atoms with Crippen LogP contribution in [0, 0.1) is 13.8 Å². The Kier molecular flexibility index (Phi) is 3.44. The van der Waals surface area contributed by atoms with Crippen molar-refractivity contribution in [3.63, 3.8) is 0 Å². The van der Waals surface area contributed by atoms with Gasteiger partial charge in [0.25, 0.3) is 0 Å². The fraction of sp³-hybridized carbons (Fsp3) is 0.0667. The maximum absolute atomic E-state index is 3.70. The number of nitrogens with one attached hydrogen (secondary N) is 2. The van der Waals surface area contributed by atoms with Crippen LogP contribution in [0.4, 0.5) is 0 Å². The third kappa shape index (κ3) is 2.35. The lowest BCUT2D eigenvalue weighted by molar-refractivity contribution is 1.42. The number of aryl methyl sites for hydroxylation is 2. The van der Waals surface area contributed by atoms with E-state index in [1.165, 1.54) is 76.6 Å². The van der Waals surface area contributed by atoms with Crippen LogP contribution in [0.25, 0.3) is 65.5 Å². The molecule has 0 unspecified atom stereocenters. The molecule has 2 nitrogen and oxygen atoms in total. The van der Waals surface area contributed by atoms with Crippen molar-refractivity contribution in [3.8, 4) is 11.1 Å². The molecule has 0 spiro atoms. The van der Waals surface area contributed by atoms with Gasteiger partial charge in [0, 0.05) is 38.1 Å². The highest BCUT2D eigenvalue weighted by atomic mass is 14.7. The average molecular weight is 411 g/mol. The number of hydrogen-bond acceptors (Lipinski definition) is 0. The molecule has 2 aromatic heterocycles. The fourth-order valence-corrected chi connectivity index (χ4v) is 5.36. The Morgan fingerprint density at radius 2 is 1.38 bits per heavy atom. The van der Waals surface area contributed by atoms with E-state index in [1.807, 2.05) is 0 Å². The van der Waals surface area contributed by atoms with Crippen molar-refractivity contribution in [2.24, 2.45) is 0 Å². The van der Waals surface area contributed by atoms with Gasteiger partial charge in [0.05, 0.1) is 5.52 Å². The van der Waals surface area contributed by atoms with E-state index in [1.54, 1.807) is 0 Å². The van der Waals surface area contributed by atoms with Crippen LogP contribution < -0.4 is 0 Å². The second-order valence-electron chi connectivity index (χ2n) is 8.91. The molecule has 5 aromatic carbocycles. The highest BCUT2D eigenvalue weighted by Crippen LogP contribution is 2.36. The van der Waals surface area contributed by atoms with Crippen molar-refractivity contribution in [1.29, 1.82) is 0 Å². The SMILES string of the molecule is Cc1cccc2c1[nH]c1c(C)c(-c3ccc4cc5c(cc4c3)[nH]c3ccccc35)ccc12. The second-order valence-corrected chi connectivity index (χ2v) is 8.91. The maximum Gasteiger partial charge on any atom is 0.0500 e. The van der Waals surface area contributed by atoms with Gasteiger partial charge in [-0.3, -0.25) is 0 Å². The van der Waals surface area contributed by atoms with Crippen LogP contribution in [-0.4, -0.2) is 9.97 Å². The normalized spacial score (nSPS) is 12.1. The van der Waals surface area contributed by atoms with E-state index in [-0.39, 0.29) is 0 Å². The number of aromatic nitrogens is 2. The van der Waals surface area contributed by atoms with Gasteiger partial charge >= 0.3 is 0 Å². The number of H-pyrrole nitrogens is 2. The van der Waals surface area contributed by atoms with E-state index in [0.717, 1.165) is 0 Å². The minimum Gasteiger partial charge on any atom is -0.354 e. The summed E-state index contributed by atoms with van der Waals surface area (Å²) in [4.78, 5) is 7.28. The lowest BCUT2D eigenvalue weighted by atomic mass is 9.95. The summed E-state index contributed by atoms with van der Waals surface area (Å²) in [7, 11) is 0. The average Bonchev–Trinajstić information content (AvgIpc) is 3.37. The van der Waals surface area contributed by atoms with Crippen molar-refractivity contribution >= 4 is 54.4 Å². The van der Waals surface area contributed by atoms with Crippen LogP contribution in [-0.2, 0) is 0 Å². The summed E-state index contributed by atoms with van der Waals surface area (Å²) in [6.45, 7) is 4.40. The number of para-hydroxylation sites is 2. The quantitative estimate of drug-likeness (QED) is 0.272. The van der Waals surface area contributed by atoms with Gasteiger partial charge in [0.15, 0.2) is 0 Å². The first-order chi connectivity index (χ1) is 15.7. The molecule has 0 aliphatic rings. The summed E-state index contributed by atoms with van der Waals surface area (Å²) in [5.74, 6) is 0. The third-order valence-electron chi connectivity index (χ3n) is 7.05. The lowest BCUT2D eigenvalue weighted by Crippen LogP contribution is -1.86. The van der Waals surface area contributed by atoms with Crippen molar-refractivity contribution in [3.05, 3.63) is 96.1 Å². The molecule has 2 heteroatoms. The zero-order chi connectivity index (χ0) is 21.4. The Morgan fingerprint density at radius 1 is 0.531 bits per heavy atom. The molecule has 2 heterocycles. The molecule has 2 N–H and O–H groups in total. The summed E-state index contributed by atoms with van der Waals surface area (Å²) in [5, 5.41) is 7.69. The van der Waals surface area contributed by atoms with Crippen LogP contribution >= 0.6 is 0 Å². The maximum atomic E-state index is 3.70. The Labute approximate surface area is 185 Å². The molecule has 0 saturated carbocycles. The number of benzene rings is 5. The van der Waals surface area contributed by atoms with Gasteiger partial charge < -0.3 is 9.97 Å². The highest BCUT2D eigenvalue weighted by Gasteiger charge is 2.13.